The van der Waals surface area contributed by atoms with Gasteiger partial charge in [-0.05, 0) is 29.8 Å². The molecule has 0 bridgehead atoms. The van der Waals surface area contributed by atoms with E-state index in [9.17, 15) is 10.1 Å². The molecular formula is C25H14BrClN2O3S. The molecule has 0 saturated carbocycles. The second kappa shape index (κ2) is 8.56. The molecule has 1 aromatic heterocycles. The molecule has 0 spiro atoms. The SMILES string of the molecule is N#CC1=C(N)Oc2cc(OC(=O)c3sc4ccccc4c3Cl)ccc2C1c1cccc(Br)c1. The number of ether oxygens (including phenoxy) is 2. The molecular weight excluding hydrogens is 524 g/mol. The maximum atomic E-state index is 12.8. The first kappa shape index (κ1) is 21.5. The number of rotatable bonds is 3. The van der Waals surface area contributed by atoms with Crippen LogP contribution in [0.3, 0.4) is 0 Å². The van der Waals surface area contributed by atoms with Gasteiger partial charge in [-0.3, -0.25) is 0 Å². The minimum atomic E-state index is -0.554. The molecule has 2 N–H and O–H groups in total. The number of nitrogens with zero attached hydrogens (tertiary/aromatic N) is 1. The summed E-state index contributed by atoms with van der Waals surface area (Å²) in [5, 5.41) is 10.9. The summed E-state index contributed by atoms with van der Waals surface area (Å²) in [5.41, 5.74) is 8.03. The standard InChI is InChI=1S/C25H14BrClN2O3S/c26-14-5-3-4-13(10-14)21-16-9-8-15(11-19(16)32-24(29)18(21)12-28)31-25(30)23-22(27)17-6-1-2-7-20(17)33-23/h1-11,21H,29H2. The van der Waals surface area contributed by atoms with E-state index in [1.807, 2.05) is 48.5 Å². The van der Waals surface area contributed by atoms with Crippen molar-refractivity contribution in [3.8, 4) is 17.6 Å². The van der Waals surface area contributed by atoms with E-state index in [0.717, 1.165) is 25.7 Å². The Labute approximate surface area is 206 Å². The van der Waals surface area contributed by atoms with E-state index in [1.54, 1.807) is 18.2 Å². The molecule has 1 aliphatic heterocycles. The summed E-state index contributed by atoms with van der Waals surface area (Å²) in [6.07, 6.45) is 0. The highest BCUT2D eigenvalue weighted by Gasteiger charge is 2.31. The molecule has 1 aliphatic rings. The fraction of sp³-hybridized carbons (Fsp3) is 0.0400. The fourth-order valence-electron chi connectivity index (χ4n) is 3.83. The number of hydrogen-bond donors (Lipinski definition) is 1. The Morgan fingerprint density at radius 2 is 1.97 bits per heavy atom. The van der Waals surface area contributed by atoms with Gasteiger partial charge in [0.2, 0.25) is 5.88 Å². The number of fused-ring (bicyclic) bond motifs is 2. The van der Waals surface area contributed by atoms with E-state index < -0.39 is 11.9 Å². The van der Waals surface area contributed by atoms with Crippen molar-refractivity contribution in [3.63, 3.8) is 0 Å². The molecule has 0 saturated heterocycles. The number of esters is 1. The topological polar surface area (TPSA) is 85.3 Å². The van der Waals surface area contributed by atoms with Crippen molar-refractivity contribution in [3.05, 3.63) is 104 Å². The van der Waals surface area contributed by atoms with Gasteiger partial charge in [-0.1, -0.05) is 63.9 Å². The number of nitrogens with two attached hydrogens (primary N) is 1. The lowest BCUT2D eigenvalue weighted by atomic mass is 9.83. The van der Waals surface area contributed by atoms with Gasteiger partial charge in [-0.2, -0.15) is 5.26 Å². The van der Waals surface area contributed by atoms with Gasteiger partial charge in [0.1, 0.15) is 28.0 Å². The molecule has 5 nitrogen and oxygen atoms in total. The summed E-state index contributed by atoms with van der Waals surface area (Å²) in [7, 11) is 0. The predicted octanol–water partition coefficient (Wildman–Crippen LogP) is 6.75. The van der Waals surface area contributed by atoms with Crippen LogP contribution in [0.1, 0.15) is 26.7 Å². The van der Waals surface area contributed by atoms with Crippen LogP contribution in [0.4, 0.5) is 0 Å². The van der Waals surface area contributed by atoms with Gasteiger partial charge in [0, 0.05) is 26.2 Å². The van der Waals surface area contributed by atoms with Crippen molar-refractivity contribution in [2.24, 2.45) is 5.73 Å². The van der Waals surface area contributed by atoms with Crippen molar-refractivity contribution < 1.29 is 14.3 Å². The molecule has 0 aliphatic carbocycles. The number of allylic oxidation sites excluding steroid dienone is 1. The molecule has 1 atom stereocenters. The van der Waals surface area contributed by atoms with Gasteiger partial charge in [-0.15, -0.1) is 11.3 Å². The van der Waals surface area contributed by atoms with Crippen LogP contribution in [0.15, 0.2) is 82.7 Å². The van der Waals surface area contributed by atoms with E-state index >= 15 is 0 Å². The van der Waals surface area contributed by atoms with Crippen LogP contribution in [0.25, 0.3) is 10.1 Å². The highest BCUT2D eigenvalue weighted by Crippen LogP contribution is 2.44. The van der Waals surface area contributed by atoms with Gasteiger partial charge >= 0.3 is 5.97 Å². The summed E-state index contributed by atoms with van der Waals surface area (Å²) in [4.78, 5) is 13.2. The van der Waals surface area contributed by atoms with E-state index in [1.165, 1.54) is 11.3 Å². The lowest BCUT2D eigenvalue weighted by Gasteiger charge is -2.26. The molecule has 8 heteroatoms. The molecule has 3 aromatic carbocycles. The Balaban J connectivity index is 1.50. The molecule has 0 amide bonds. The van der Waals surface area contributed by atoms with Crippen molar-refractivity contribution in [2.75, 3.05) is 0 Å². The van der Waals surface area contributed by atoms with Crippen LogP contribution >= 0.6 is 38.9 Å². The minimum Gasteiger partial charge on any atom is -0.440 e. The molecule has 0 radical (unpaired) electrons. The second-order valence-electron chi connectivity index (χ2n) is 7.31. The average molecular weight is 538 g/mol. The Morgan fingerprint density at radius 3 is 2.73 bits per heavy atom. The van der Waals surface area contributed by atoms with E-state index in [0.29, 0.717) is 21.2 Å². The van der Waals surface area contributed by atoms with E-state index in [2.05, 4.69) is 22.0 Å². The van der Waals surface area contributed by atoms with Crippen LogP contribution in [0.2, 0.25) is 5.02 Å². The van der Waals surface area contributed by atoms with E-state index in [-0.39, 0.29) is 11.6 Å². The third-order valence-corrected chi connectivity index (χ3v) is 7.45. The summed E-state index contributed by atoms with van der Waals surface area (Å²) in [5.74, 6) is -0.233. The third-order valence-electron chi connectivity index (χ3n) is 5.30. The number of thiophene rings is 1. The number of halogens is 2. The number of carbonyl (C=O) groups is 1. The summed E-state index contributed by atoms with van der Waals surface area (Å²) >= 11 is 11.2. The van der Waals surface area contributed by atoms with Crippen molar-refractivity contribution in [2.45, 2.75) is 5.92 Å². The Bertz CT molecular complexity index is 1510. The van der Waals surface area contributed by atoms with Gasteiger partial charge < -0.3 is 15.2 Å². The second-order valence-corrected chi connectivity index (χ2v) is 9.66. The van der Waals surface area contributed by atoms with Crippen molar-refractivity contribution >= 4 is 54.9 Å². The number of benzene rings is 3. The molecule has 2 heterocycles. The summed E-state index contributed by atoms with van der Waals surface area (Å²) in [6.45, 7) is 0. The fourth-order valence-corrected chi connectivity index (χ4v) is 5.63. The monoisotopic (exact) mass is 536 g/mol. The molecule has 1 unspecified atom stereocenters. The lowest BCUT2D eigenvalue weighted by molar-refractivity contribution is 0.0740. The Kier molecular flexibility index (Phi) is 5.59. The van der Waals surface area contributed by atoms with Gasteiger partial charge in [0.05, 0.1) is 10.9 Å². The smallest absolute Gasteiger partial charge is 0.355 e. The highest BCUT2D eigenvalue weighted by atomic mass is 79.9. The first-order valence-electron chi connectivity index (χ1n) is 9.82. The zero-order chi connectivity index (χ0) is 23.1. The van der Waals surface area contributed by atoms with Gasteiger partial charge in [0.15, 0.2) is 0 Å². The number of hydrogen-bond acceptors (Lipinski definition) is 6. The zero-order valence-corrected chi connectivity index (χ0v) is 20.0. The van der Waals surface area contributed by atoms with Gasteiger partial charge in [-0.25, -0.2) is 4.79 Å². The maximum absolute atomic E-state index is 12.8. The third kappa shape index (κ3) is 3.87. The lowest BCUT2D eigenvalue weighted by Crippen LogP contribution is -2.21. The normalized spacial score (nSPS) is 15.0. The molecule has 0 fully saturated rings. The molecule has 33 heavy (non-hydrogen) atoms. The van der Waals surface area contributed by atoms with Crippen molar-refractivity contribution in [1.29, 1.82) is 5.26 Å². The highest BCUT2D eigenvalue weighted by molar-refractivity contribution is 9.10. The van der Waals surface area contributed by atoms with Crippen LogP contribution in [-0.4, -0.2) is 5.97 Å². The van der Waals surface area contributed by atoms with Crippen molar-refractivity contribution in [1.82, 2.24) is 0 Å². The first-order valence-corrected chi connectivity index (χ1v) is 11.8. The number of nitriles is 1. The van der Waals surface area contributed by atoms with Crippen LogP contribution in [0.5, 0.6) is 11.5 Å². The van der Waals surface area contributed by atoms with Crippen LogP contribution in [0, 0.1) is 11.3 Å². The Morgan fingerprint density at radius 1 is 1.15 bits per heavy atom. The minimum absolute atomic E-state index is 0.0194. The van der Waals surface area contributed by atoms with Crippen LogP contribution < -0.4 is 15.2 Å². The predicted molar refractivity (Wildman–Crippen MR) is 132 cm³/mol. The molecule has 5 rings (SSSR count). The first-order chi connectivity index (χ1) is 16.0. The van der Waals surface area contributed by atoms with Gasteiger partial charge in [0.25, 0.3) is 0 Å². The Hall–Kier alpha value is -3.31. The molecule has 162 valence electrons. The van der Waals surface area contributed by atoms with Crippen LogP contribution in [-0.2, 0) is 0 Å². The average Bonchev–Trinajstić information content (AvgIpc) is 3.15. The quantitative estimate of drug-likeness (QED) is 0.231. The maximum Gasteiger partial charge on any atom is 0.355 e. The zero-order valence-electron chi connectivity index (χ0n) is 16.8. The molecule has 4 aromatic rings. The summed E-state index contributed by atoms with van der Waals surface area (Å²) < 4.78 is 13.1. The largest absolute Gasteiger partial charge is 0.440 e. The summed E-state index contributed by atoms with van der Waals surface area (Å²) in [6, 6.07) is 22.4. The number of carbonyl (C=O) groups excluding carboxylic acids is 1. The van der Waals surface area contributed by atoms with E-state index in [4.69, 9.17) is 26.8 Å².